The van der Waals surface area contributed by atoms with Gasteiger partial charge in [0, 0.05) is 42.6 Å². The molecule has 4 aromatic rings. The third-order valence-electron chi connectivity index (χ3n) is 6.77. The predicted molar refractivity (Wildman–Crippen MR) is 155 cm³/mol. The smallest absolute Gasteiger partial charge is 0.319 e. The number of amides is 2. The minimum absolute atomic E-state index is 0.253. The maximum atomic E-state index is 12.3. The second-order valence-corrected chi connectivity index (χ2v) is 11.7. The van der Waals surface area contributed by atoms with Crippen LogP contribution in [0.4, 0.5) is 16.2 Å². The molecule has 3 aromatic carbocycles. The number of fused-ring (bicyclic) bond motifs is 2. The van der Waals surface area contributed by atoms with Crippen LogP contribution in [0.3, 0.4) is 0 Å². The summed E-state index contributed by atoms with van der Waals surface area (Å²) in [6, 6.07) is 17.1. The highest BCUT2D eigenvalue weighted by Crippen LogP contribution is 2.37. The Bertz CT molecular complexity index is 1630. The number of anilines is 2. The van der Waals surface area contributed by atoms with Crippen molar-refractivity contribution in [1.29, 1.82) is 0 Å². The van der Waals surface area contributed by atoms with E-state index < -0.39 is 10.0 Å². The minimum Gasteiger partial charge on any atom is -0.496 e. The SMILES string of the molecule is COc1cc2ncn(-c3ccc4c(c3)N(S(C)(=O)=O)CC4)c2cc1-c1ccc(NC(=O)NCCN(C)C)cc1. The molecule has 0 saturated carbocycles. The number of carbonyl (C=O) groups excluding carboxylic acids is 1. The number of ether oxygens (including phenoxy) is 1. The van der Waals surface area contributed by atoms with Crippen molar-refractivity contribution in [2.24, 2.45) is 0 Å². The van der Waals surface area contributed by atoms with Crippen LogP contribution < -0.4 is 19.7 Å². The molecule has 5 rings (SSSR count). The molecule has 10 nitrogen and oxygen atoms in total. The number of urea groups is 1. The molecule has 2 N–H and O–H groups in total. The number of methoxy groups -OCH3 is 1. The molecule has 0 aliphatic carbocycles. The topological polar surface area (TPSA) is 109 Å². The van der Waals surface area contributed by atoms with Gasteiger partial charge in [0.15, 0.2) is 0 Å². The van der Waals surface area contributed by atoms with Gasteiger partial charge in [-0.25, -0.2) is 18.2 Å². The van der Waals surface area contributed by atoms with Crippen LogP contribution in [0.15, 0.2) is 60.9 Å². The number of aromatic nitrogens is 2. The van der Waals surface area contributed by atoms with Gasteiger partial charge in [-0.1, -0.05) is 18.2 Å². The Balaban J connectivity index is 1.45. The third kappa shape index (κ3) is 5.55. The summed E-state index contributed by atoms with van der Waals surface area (Å²) in [5, 5.41) is 5.69. The van der Waals surface area contributed by atoms with Crippen molar-refractivity contribution in [3.63, 3.8) is 0 Å². The normalized spacial score (nSPS) is 13.1. The van der Waals surface area contributed by atoms with Crippen LogP contribution in [0.25, 0.3) is 27.8 Å². The van der Waals surface area contributed by atoms with Crippen molar-refractivity contribution in [3.8, 4) is 22.6 Å². The van der Waals surface area contributed by atoms with Gasteiger partial charge in [0.2, 0.25) is 10.0 Å². The fourth-order valence-electron chi connectivity index (χ4n) is 4.77. The zero-order valence-corrected chi connectivity index (χ0v) is 23.2. The monoisotopic (exact) mass is 548 g/mol. The zero-order chi connectivity index (χ0) is 27.7. The Morgan fingerprint density at radius 2 is 1.87 bits per heavy atom. The minimum atomic E-state index is -3.36. The van der Waals surface area contributed by atoms with Gasteiger partial charge in [-0.15, -0.1) is 0 Å². The number of imidazole rings is 1. The van der Waals surface area contributed by atoms with E-state index in [1.807, 2.05) is 78.2 Å². The predicted octanol–water partition coefficient (Wildman–Crippen LogP) is 3.71. The van der Waals surface area contributed by atoms with E-state index in [9.17, 15) is 13.2 Å². The average Bonchev–Trinajstić information content (AvgIpc) is 3.51. The Morgan fingerprint density at radius 1 is 1.10 bits per heavy atom. The highest BCUT2D eigenvalue weighted by molar-refractivity contribution is 7.92. The molecule has 0 atom stereocenters. The van der Waals surface area contributed by atoms with E-state index in [0.29, 0.717) is 36.6 Å². The number of nitrogens with zero attached hydrogens (tertiary/aromatic N) is 4. The zero-order valence-electron chi connectivity index (χ0n) is 22.4. The van der Waals surface area contributed by atoms with Gasteiger partial charge in [-0.2, -0.15) is 0 Å². The summed E-state index contributed by atoms with van der Waals surface area (Å²) in [7, 11) is 2.17. The highest BCUT2D eigenvalue weighted by atomic mass is 32.2. The van der Waals surface area contributed by atoms with Crippen molar-refractivity contribution in [2.75, 3.05) is 56.7 Å². The quantitative estimate of drug-likeness (QED) is 0.348. The molecule has 0 saturated heterocycles. The maximum absolute atomic E-state index is 12.3. The van der Waals surface area contributed by atoms with Crippen molar-refractivity contribution < 1.29 is 17.9 Å². The van der Waals surface area contributed by atoms with E-state index in [0.717, 1.165) is 40.0 Å². The van der Waals surface area contributed by atoms with Gasteiger partial charge in [-0.3, -0.25) is 8.87 Å². The van der Waals surface area contributed by atoms with E-state index in [4.69, 9.17) is 4.74 Å². The van der Waals surface area contributed by atoms with E-state index >= 15 is 0 Å². The largest absolute Gasteiger partial charge is 0.496 e. The lowest BCUT2D eigenvalue weighted by molar-refractivity contribution is 0.250. The number of hydrogen-bond donors (Lipinski definition) is 2. The van der Waals surface area contributed by atoms with Crippen molar-refractivity contribution in [3.05, 3.63) is 66.5 Å². The standard InChI is InChI=1S/C28H32N6O4S/c1-32(2)14-12-29-28(35)31-21-8-5-19(6-9-21)23-16-26-24(17-27(23)38-3)30-18-33(26)22-10-7-20-11-13-34(25(20)15-22)39(4,36)37/h5-10,15-18H,11-14H2,1-4H3,(H2,29,31,35). The maximum Gasteiger partial charge on any atom is 0.319 e. The molecule has 0 bridgehead atoms. The molecule has 1 aromatic heterocycles. The Morgan fingerprint density at radius 3 is 2.56 bits per heavy atom. The summed E-state index contributed by atoms with van der Waals surface area (Å²) in [4.78, 5) is 18.8. The van der Waals surface area contributed by atoms with Crippen molar-refractivity contribution in [2.45, 2.75) is 6.42 Å². The number of sulfonamides is 1. The number of rotatable bonds is 8. The van der Waals surface area contributed by atoms with Gasteiger partial charge in [0.1, 0.15) is 12.1 Å². The second kappa shape index (κ2) is 10.6. The molecule has 204 valence electrons. The van der Waals surface area contributed by atoms with E-state index in [-0.39, 0.29) is 6.03 Å². The van der Waals surface area contributed by atoms with Gasteiger partial charge in [-0.05, 0) is 62.0 Å². The summed E-state index contributed by atoms with van der Waals surface area (Å²) in [6.07, 6.45) is 3.66. The van der Waals surface area contributed by atoms with Crippen LogP contribution in [0, 0.1) is 0 Å². The van der Waals surface area contributed by atoms with Gasteiger partial charge < -0.3 is 20.3 Å². The molecular weight excluding hydrogens is 516 g/mol. The number of nitrogens with one attached hydrogen (secondary N) is 2. The van der Waals surface area contributed by atoms with Crippen LogP contribution in [0.2, 0.25) is 0 Å². The first-order chi connectivity index (χ1) is 18.6. The fourth-order valence-corrected chi connectivity index (χ4v) is 5.72. The lowest BCUT2D eigenvalue weighted by atomic mass is 10.0. The van der Waals surface area contributed by atoms with Crippen LogP contribution >= 0.6 is 0 Å². The Hall–Kier alpha value is -4.09. The Labute approximate surface area is 228 Å². The number of carbonyl (C=O) groups is 1. The van der Waals surface area contributed by atoms with Crippen LogP contribution in [-0.2, 0) is 16.4 Å². The molecule has 0 spiro atoms. The lowest BCUT2D eigenvalue weighted by Gasteiger charge is -2.17. The number of likely N-dealkylation sites (N-methyl/N-ethyl adjacent to an activating group) is 1. The summed E-state index contributed by atoms with van der Waals surface area (Å²) < 4.78 is 33.7. The first-order valence-electron chi connectivity index (χ1n) is 12.6. The molecule has 1 aliphatic rings. The summed E-state index contributed by atoms with van der Waals surface area (Å²) in [6.45, 7) is 1.76. The molecule has 11 heteroatoms. The first kappa shape index (κ1) is 26.5. The number of hydrogen-bond acceptors (Lipinski definition) is 6. The van der Waals surface area contributed by atoms with Crippen LogP contribution in [0.1, 0.15) is 5.56 Å². The molecule has 2 amide bonds. The van der Waals surface area contributed by atoms with Crippen LogP contribution in [-0.4, -0.2) is 76.0 Å². The number of benzene rings is 3. The van der Waals surface area contributed by atoms with E-state index in [1.165, 1.54) is 10.6 Å². The molecule has 39 heavy (non-hydrogen) atoms. The molecule has 1 aliphatic heterocycles. The molecule has 0 fully saturated rings. The summed E-state index contributed by atoms with van der Waals surface area (Å²) in [5.41, 5.74) is 6.61. The fraction of sp³-hybridized carbons (Fsp3) is 0.286. The molecule has 2 heterocycles. The van der Waals surface area contributed by atoms with Crippen LogP contribution in [0.5, 0.6) is 5.75 Å². The van der Waals surface area contributed by atoms with Crippen molar-refractivity contribution >= 4 is 38.5 Å². The average molecular weight is 549 g/mol. The highest BCUT2D eigenvalue weighted by Gasteiger charge is 2.26. The molecular formula is C28H32N6O4S. The van der Waals surface area contributed by atoms with Gasteiger partial charge in [0.25, 0.3) is 0 Å². The van der Waals surface area contributed by atoms with E-state index in [2.05, 4.69) is 15.6 Å². The lowest BCUT2D eigenvalue weighted by Crippen LogP contribution is -2.34. The second-order valence-electron chi connectivity index (χ2n) is 9.82. The van der Waals surface area contributed by atoms with Gasteiger partial charge >= 0.3 is 6.03 Å². The Kier molecular flexibility index (Phi) is 7.19. The van der Waals surface area contributed by atoms with Crippen molar-refractivity contribution in [1.82, 2.24) is 19.8 Å². The first-order valence-corrected chi connectivity index (χ1v) is 14.4. The van der Waals surface area contributed by atoms with Gasteiger partial charge in [0.05, 0.1) is 30.1 Å². The summed E-state index contributed by atoms with van der Waals surface area (Å²) in [5.74, 6) is 0.673. The molecule has 0 unspecified atom stereocenters. The van der Waals surface area contributed by atoms with E-state index in [1.54, 1.807) is 13.4 Å². The summed E-state index contributed by atoms with van der Waals surface area (Å²) >= 11 is 0. The third-order valence-corrected chi connectivity index (χ3v) is 7.95. The molecule has 0 radical (unpaired) electrons.